The third-order valence-corrected chi connectivity index (χ3v) is 5.36. The summed E-state index contributed by atoms with van der Waals surface area (Å²) in [7, 11) is 0. The number of nitrogens with zero attached hydrogens (tertiary/aromatic N) is 2. The summed E-state index contributed by atoms with van der Waals surface area (Å²) >= 11 is 6.10. The third kappa shape index (κ3) is 3.26. The van der Waals surface area contributed by atoms with Crippen molar-refractivity contribution < 1.29 is 9.72 Å². The fourth-order valence-electron chi connectivity index (χ4n) is 3.71. The Morgan fingerprint density at radius 1 is 1.07 bits per heavy atom. The number of halogens is 1. The summed E-state index contributed by atoms with van der Waals surface area (Å²) in [6.07, 6.45) is 5.48. The molecule has 2 aromatic rings. The number of rotatable bonds is 4. The van der Waals surface area contributed by atoms with E-state index in [1.54, 1.807) is 12.1 Å². The van der Waals surface area contributed by atoms with Gasteiger partial charge in [0.1, 0.15) is 0 Å². The number of allylic oxidation sites excluding steroid dienone is 3. The van der Waals surface area contributed by atoms with E-state index in [0.29, 0.717) is 12.1 Å². The second-order valence-corrected chi connectivity index (χ2v) is 7.19. The predicted octanol–water partition coefficient (Wildman–Crippen LogP) is 5.13. The van der Waals surface area contributed by atoms with Gasteiger partial charge in [-0.25, -0.2) is 0 Å². The van der Waals surface area contributed by atoms with Gasteiger partial charge in [0.05, 0.1) is 11.0 Å². The molecule has 0 saturated heterocycles. The van der Waals surface area contributed by atoms with Gasteiger partial charge in [-0.05, 0) is 41.7 Å². The smallest absolute Gasteiger partial charge is 0.269 e. The molecular weight excluding hydrogens is 364 g/mol. The molecule has 1 aliphatic carbocycles. The summed E-state index contributed by atoms with van der Waals surface area (Å²) in [6, 6.07) is 13.9. The maximum absolute atomic E-state index is 13.0. The normalized spacial score (nSPS) is 18.8. The van der Waals surface area contributed by atoms with E-state index in [4.69, 9.17) is 11.6 Å². The van der Waals surface area contributed by atoms with E-state index in [-0.39, 0.29) is 17.6 Å². The molecule has 0 fully saturated rings. The number of carbonyl (C=O) groups excluding carboxylic acids is 1. The Morgan fingerprint density at radius 2 is 1.81 bits per heavy atom. The largest absolute Gasteiger partial charge is 0.323 e. The van der Waals surface area contributed by atoms with Crippen molar-refractivity contribution in [3.63, 3.8) is 0 Å². The second kappa shape index (κ2) is 7.00. The van der Waals surface area contributed by atoms with E-state index in [1.807, 2.05) is 41.3 Å². The molecule has 0 bridgehead atoms. The Morgan fingerprint density at radius 3 is 2.48 bits per heavy atom. The standard InChI is InChI=1S/C21H17ClN2O3/c22-16-9-7-15(8-10-16)20-18-3-1-2-4-19(18)21(25)23(20)13-14-5-11-17(12-6-14)24(26)27/h1-7,9,11-12,20H,8,10,13H2. The monoisotopic (exact) mass is 380 g/mol. The first-order chi connectivity index (χ1) is 13.0. The van der Waals surface area contributed by atoms with Crippen molar-refractivity contribution in [3.05, 3.63) is 98.1 Å². The van der Waals surface area contributed by atoms with E-state index < -0.39 is 4.92 Å². The van der Waals surface area contributed by atoms with Crippen molar-refractivity contribution in [2.75, 3.05) is 0 Å². The maximum atomic E-state index is 13.0. The van der Waals surface area contributed by atoms with Gasteiger partial charge in [0.25, 0.3) is 11.6 Å². The molecule has 1 amide bonds. The van der Waals surface area contributed by atoms with Crippen molar-refractivity contribution in [2.45, 2.75) is 25.4 Å². The van der Waals surface area contributed by atoms with Crippen LogP contribution in [0.5, 0.6) is 0 Å². The highest BCUT2D eigenvalue weighted by atomic mass is 35.5. The van der Waals surface area contributed by atoms with E-state index in [0.717, 1.165) is 34.6 Å². The van der Waals surface area contributed by atoms with Crippen LogP contribution >= 0.6 is 11.6 Å². The maximum Gasteiger partial charge on any atom is 0.269 e. The summed E-state index contributed by atoms with van der Waals surface area (Å²) in [6.45, 7) is 0.394. The zero-order valence-electron chi connectivity index (χ0n) is 14.5. The molecule has 1 unspecified atom stereocenters. The molecule has 136 valence electrons. The van der Waals surface area contributed by atoms with Crippen molar-refractivity contribution in [1.29, 1.82) is 0 Å². The van der Waals surface area contributed by atoms with Crippen LogP contribution < -0.4 is 0 Å². The second-order valence-electron chi connectivity index (χ2n) is 6.70. The molecule has 0 aromatic heterocycles. The molecule has 1 heterocycles. The van der Waals surface area contributed by atoms with Gasteiger partial charge in [-0.15, -0.1) is 0 Å². The van der Waals surface area contributed by atoms with Gasteiger partial charge in [-0.1, -0.05) is 48.0 Å². The molecule has 5 nitrogen and oxygen atoms in total. The first kappa shape index (κ1) is 17.5. The van der Waals surface area contributed by atoms with Crippen LogP contribution in [0.4, 0.5) is 5.69 Å². The highest BCUT2D eigenvalue weighted by Crippen LogP contribution is 2.42. The molecule has 0 saturated carbocycles. The molecule has 1 aliphatic heterocycles. The zero-order valence-corrected chi connectivity index (χ0v) is 15.2. The van der Waals surface area contributed by atoms with Crippen molar-refractivity contribution in [3.8, 4) is 0 Å². The minimum absolute atomic E-state index is 0.0181. The van der Waals surface area contributed by atoms with Crippen molar-refractivity contribution in [1.82, 2.24) is 4.90 Å². The van der Waals surface area contributed by atoms with Crippen LogP contribution in [0.2, 0.25) is 0 Å². The Kier molecular flexibility index (Phi) is 4.54. The van der Waals surface area contributed by atoms with Gasteiger partial charge in [0, 0.05) is 29.3 Å². The minimum Gasteiger partial charge on any atom is -0.323 e. The number of benzene rings is 2. The number of amides is 1. The summed E-state index contributed by atoms with van der Waals surface area (Å²) in [5.41, 5.74) is 3.77. The SMILES string of the molecule is O=C1c2ccccc2C(C2=CC=C(Cl)CC2)N1Cc1ccc([N+](=O)[O-])cc1. The third-order valence-electron chi connectivity index (χ3n) is 5.04. The minimum atomic E-state index is -0.424. The van der Waals surface area contributed by atoms with E-state index >= 15 is 0 Å². The van der Waals surface area contributed by atoms with Crippen LogP contribution in [0.3, 0.4) is 0 Å². The summed E-state index contributed by atoms with van der Waals surface area (Å²) < 4.78 is 0. The van der Waals surface area contributed by atoms with Gasteiger partial charge in [0.2, 0.25) is 0 Å². The highest BCUT2D eigenvalue weighted by Gasteiger charge is 2.38. The van der Waals surface area contributed by atoms with Crippen molar-refractivity contribution >= 4 is 23.2 Å². The fraction of sp³-hybridized carbons (Fsp3) is 0.190. The van der Waals surface area contributed by atoms with Gasteiger partial charge in [-0.2, -0.15) is 0 Å². The molecule has 0 radical (unpaired) electrons. The summed E-state index contributed by atoms with van der Waals surface area (Å²) in [5, 5.41) is 11.7. The number of hydrogen-bond donors (Lipinski definition) is 0. The van der Waals surface area contributed by atoms with E-state index in [2.05, 4.69) is 0 Å². The van der Waals surface area contributed by atoms with Crippen LogP contribution in [0.25, 0.3) is 0 Å². The average molecular weight is 381 g/mol. The van der Waals surface area contributed by atoms with E-state index in [1.165, 1.54) is 12.1 Å². The Bertz CT molecular complexity index is 979. The number of nitro benzene ring substituents is 1. The quantitative estimate of drug-likeness (QED) is 0.545. The van der Waals surface area contributed by atoms with Crippen LogP contribution in [0, 0.1) is 10.1 Å². The topological polar surface area (TPSA) is 63.5 Å². The highest BCUT2D eigenvalue weighted by molar-refractivity contribution is 6.29. The first-order valence-electron chi connectivity index (χ1n) is 8.73. The molecule has 1 atom stereocenters. The average Bonchev–Trinajstić information content (AvgIpc) is 2.95. The van der Waals surface area contributed by atoms with Gasteiger partial charge < -0.3 is 4.90 Å². The fourth-order valence-corrected chi connectivity index (χ4v) is 3.87. The lowest BCUT2D eigenvalue weighted by molar-refractivity contribution is -0.384. The molecule has 2 aliphatic rings. The number of fused-ring (bicyclic) bond motifs is 1. The van der Waals surface area contributed by atoms with Crippen LogP contribution in [0.15, 0.2) is 71.3 Å². The predicted molar refractivity (Wildman–Crippen MR) is 103 cm³/mol. The Balaban J connectivity index is 1.69. The van der Waals surface area contributed by atoms with Crippen LogP contribution in [-0.4, -0.2) is 15.7 Å². The zero-order chi connectivity index (χ0) is 19.0. The number of hydrogen-bond acceptors (Lipinski definition) is 3. The summed E-state index contributed by atoms with van der Waals surface area (Å²) in [4.78, 5) is 25.3. The molecule has 27 heavy (non-hydrogen) atoms. The lowest BCUT2D eigenvalue weighted by Gasteiger charge is -2.29. The number of non-ortho nitro benzene ring substituents is 1. The Hall–Kier alpha value is -2.92. The van der Waals surface area contributed by atoms with Gasteiger partial charge >= 0.3 is 0 Å². The van der Waals surface area contributed by atoms with Crippen molar-refractivity contribution in [2.24, 2.45) is 0 Å². The first-order valence-corrected chi connectivity index (χ1v) is 9.11. The lowest BCUT2D eigenvalue weighted by Crippen LogP contribution is -2.29. The molecule has 4 rings (SSSR count). The number of carbonyl (C=O) groups is 1. The van der Waals surface area contributed by atoms with Gasteiger partial charge in [-0.3, -0.25) is 14.9 Å². The number of nitro groups is 1. The summed E-state index contributed by atoms with van der Waals surface area (Å²) in [5.74, 6) is -0.0181. The van der Waals surface area contributed by atoms with Gasteiger partial charge in [0.15, 0.2) is 0 Å². The van der Waals surface area contributed by atoms with E-state index in [9.17, 15) is 14.9 Å². The molecule has 2 aromatic carbocycles. The Labute approximate surface area is 161 Å². The molecule has 6 heteroatoms. The lowest BCUT2D eigenvalue weighted by atomic mass is 9.92. The van der Waals surface area contributed by atoms with Crippen LogP contribution in [-0.2, 0) is 6.54 Å². The van der Waals surface area contributed by atoms with Crippen LogP contribution in [0.1, 0.15) is 40.4 Å². The molecule has 0 spiro atoms. The molecule has 0 N–H and O–H groups in total. The molecular formula is C21H17ClN2O3.